The lowest BCUT2D eigenvalue weighted by atomic mass is 10.0. The number of thiocarbonyl (C=S) groups is 1. The molecule has 2 aliphatic rings. The van der Waals surface area contributed by atoms with E-state index in [1.807, 2.05) is 0 Å². The SMILES string of the molecule is CC(C)(C)OC(=O)N1CCC(N(C(O)=S)[C@@H]2O[C@@H](n3cc/c(=N/O)[nH]c3=O)[C@H](O)[C@@H]2O)CC1. The van der Waals surface area contributed by atoms with Gasteiger partial charge in [-0.1, -0.05) is 5.16 Å². The van der Waals surface area contributed by atoms with Crippen LogP contribution < -0.4 is 11.2 Å². The zero-order valence-electron chi connectivity index (χ0n) is 18.5. The molecule has 0 saturated carbocycles. The van der Waals surface area contributed by atoms with E-state index in [4.69, 9.17) is 26.9 Å². The fourth-order valence-corrected chi connectivity index (χ4v) is 4.17. The fraction of sp³-hybridized carbons (Fsp3) is 0.684. The Labute approximate surface area is 194 Å². The van der Waals surface area contributed by atoms with E-state index in [9.17, 15) is 24.9 Å². The second kappa shape index (κ2) is 9.67. The first-order valence-corrected chi connectivity index (χ1v) is 10.8. The van der Waals surface area contributed by atoms with E-state index >= 15 is 0 Å². The van der Waals surface area contributed by atoms with Crippen LogP contribution in [-0.2, 0) is 9.47 Å². The zero-order valence-corrected chi connectivity index (χ0v) is 19.3. The van der Waals surface area contributed by atoms with Crippen LogP contribution in [0.5, 0.6) is 0 Å². The number of rotatable bonds is 3. The summed E-state index contributed by atoms with van der Waals surface area (Å²) in [6.07, 6.45) is -3.97. The highest BCUT2D eigenvalue weighted by Gasteiger charge is 2.49. The topological polar surface area (TPSA) is 173 Å². The van der Waals surface area contributed by atoms with Gasteiger partial charge in [-0.25, -0.2) is 9.59 Å². The minimum atomic E-state index is -1.52. The van der Waals surface area contributed by atoms with E-state index in [0.29, 0.717) is 25.9 Å². The summed E-state index contributed by atoms with van der Waals surface area (Å²) in [6.45, 7) is 5.99. The van der Waals surface area contributed by atoms with Crippen molar-refractivity contribution in [1.29, 1.82) is 0 Å². The van der Waals surface area contributed by atoms with E-state index in [1.54, 1.807) is 25.7 Å². The van der Waals surface area contributed by atoms with Gasteiger partial charge in [0.2, 0.25) is 0 Å². The number of aliphatic hydroxyl groups is 3. The highest BCUT2D eigenvalue weighted by atomic mass is 32.1. The Morgan fingerprint density at radius 3 is 2.45 bits per heavy atom. The van der Waals surface area contributed by atoms with Crippen LogP contribution in [0.1, 0.15) is 39.8 Å². The number of ether oxygens (including phenoxy) is 2. The van der Waals surface area contributed by atoms with Gasteiger partial charge in [0.15, 0.2) is 17.9 Å². The molecule has 5 N–H and O–H groups in total. The van der Waals surface area contributed by atoms with Gasteiger partial charge < -0.3 is 39.8 Å². The second-order valence-electron chi connectivity index (χ2n) is 8.93. The van der Waals surface area contributed by atoms with Crippen LogP contribution in [0, 0.1) is 0 Å². The highest BCUT2D eigenvalue weighted by molar-refractivity contribution is 7.79. The zero-order chi connectivity index (χ0) is 24.5. The monoisotopic (exact) mass is 487 g/mol. The number of hydrogen-bond donors (Lipinski definition) is 5. The van der Waals surface area contributed by atoms with Gasteiger partial charge in [-0.3, -0.25) is 9.55 Å². The van der Waals surface area contributed by atoms with E-state index in [2.05, 4.69) is 10.1 Å². The molecule has 4 atom stereocenters. The molecule has 0 unspecified atom stereocenters. The van der Waals surface area contributed by atoms with Gasteiger partial charge in [0.25, 0.3) is 5.17 Å². The van der Waals surface area contributed by atoms with E-state index < -0.39 is 53.3 Å². The summed E-state index contributed by atoms with van der Waals surface area (Å²) < 4.78 is 12.1. The number of aromatic nitrogens is 2. The van der Waals surface area contributed by atoms with Crippen molar-refractivity contribution in [2.24, 2.45) is 5.16 Å². The quantitative estimate of drug-likeness (QED) is 0.214. The maximum atomic E-state index is 12.3. The third-order valence-corrected chi connectivity index (χ3v) is 5.67. The minimum absolute atomic E-state index is 0.101. The van der Waals surface area contributed by atoms with Crippen molar-refractivity contribution in [2.75, 3.05) is 13.1 Å². The summed E-state index contributed by atoms with van der Waals surface area (Å²) in [6, 6.07) is 0.878. The average Bonchev–Trinajstić information content (AvgIpc) is 3.01. The van der Waals surface area contributed by atoms with Crippen molar-refractivity contribution in [3.05, 3.63) is 28.2 Å². The summed E-state index contributed by atoms with van der Waals surface area (Å²) in [7, 11) is 0. The Balaban J connectivity index is 1.74. The molecule has 1 aromatic rings. The molecule has 184 valence electrons. The van der Waals surface area contributed by atoms with Crippen molar-refractivity contribution in [2.45, 2.75) is 69.9 Å². The van der Waals surface area contributed by atoms with Gasteiger partial charge in [0.1, 0.15) is 17.8 Å². The molecule has 2 saturated heterocycles. The predicted octanol–water partition coefficient (Wildman–Crippen LogP) is -0.413. The van der Waals surface area contributed by atoms with Gasteiger partial charge in [0.05, 0.1) is 0 Å². The number of carbonyl (C=O) groups is 1. The summed E-state index contributed by atoms with van der Waals surface area (Å²) in [5.41, 5.74) is -1.47. The second-order valence-corrected chi connectivity index (χ2v) is 9.29. The molecule has 0 radical (unpaired) electrons. The first-order valence-electron chi connectivity index (χ1n) is 10.4. The van der Waals surface area contributed by atoms with Gasteiger partial charge in [-0.05, 0) is 45.8 Å². The largest absolute Gasteiger partial charge is 0.486 e. The highest BCUT2D eigenvalue weighted by Crippen LogP contribution is 2.33. The number of likely N-dealkylation sites (tertiary alicyclic amines) is 1. The minimum Gasteiger partial charge on any atom is -0.486 e. The molecule has 0 bridgehead atoms. The van der Waals surface area contributed by atoms with Gasteiger partial charge in [-0.2, -0.15) is 0 Å². The lowest BCUT2D eigenvalue weighted by Crippen LogP contribution is -2.55. The van der Waals surface area contributed by atoms with E-state index in [0.717, 1.165) is 4.57 Å². The first kappa shape index (κ1) is 25.0. The maximum absolute atomic E-state index is 12.3. The third-order valence-electron chi connectivity index (χ3n) is 5.46. The maximum Gasteiger partial charge on any atom is 0.410 e. The Morgan fingerprint density at radius 2 is 1.94 bits per heavy atom. The van der Waals surface area contributed by atoms with Crippen LogP contribution in [0.25, 0.3) is 0 Å². The molecule has 2 aliphatic heterocycles. The molecule has 1 amide bonds. The number of H-pyrrole nitrogens is 1. The van der Waals surface area contributed by atoms with Crippen molar-refractivity contribution in [1.82, 2.24) is 19.4 Å². The Hall–Kier alpha value is -2.68. The summed E-state index contributed by atoms with van der Waals surface area (Å²) in [4.78, 5) is 29.7. The van der Waals surface area contributed by atoms with Crippen LogP contribution in [0.4, 0.5) is 4.79 Å². The Bertz CT molecular complexity index is 997. The number of nitrogens with zero attached hydrogens (tertiary/aromatic N) is 4. The number of aliphatic hydroxyl groups excluding tert-OH is 3. The molecular weight excluding hydrogens is 458 g/mol. The molecule has 3 rings (SSSR count). The Kier molecular flexibility index (Phi) is 7.31. The lowest BCUT2D eigenvalue weighted by Gasteiger charge is -2.41. The lowest BCUT2D eigenvalue weighted by molar-refractivity contribution is -0.104. The van der Waals surface area contributed by atoms with Crippen LogP contribution in [0.2, 0.25) is 0 Å². The Morgan fingerprint density at radius 1 is 1.30 bits per heavy atom. The molecule has 0 spiro atoms. The molecule has 2 fully saturated rings. The molecule has 14 heteroatoms. The van der Waals surface area contributed by atoms with Gasteiger partial charge >= 0.3 is 11.8 Å². The predicted molar refractivity (Wildman–Crippen MR) is 116 cm³/mol. The number of amides is 1. The van der Waals surface area contributed by atoms with Crippen molar-refractivity contribution < 1.29 is 34.8 Å². The average molecular weight is 488 g/mol. The number of carbonyl (C=O) groups excluding carboxylic acids is 1. The smallest absolute Gasteiger partial charge is 0.410 e. The van der Waals surface area contributed by atoms with Crippen molar-refractivity contribution in [3.8, 4) is 0 Å². The molecule has 13 nitrogen and oxygen atoms in total. The van der Waals surface area contributed by atoms with Gasteiger partial charge in [0, 0.05) is 31.4 Å². The van der Waals surface area contributed by atoms with Crippen LogP contribution >= 0.6 is 12.2 Å². The van der Waals surface area contributed by atoms with Crippen molar-refractivity contribution in [3.63, 3.8) is 0 Å². The van der Waals surface area contributed by atoms with Crippen LogP contribution in [0.3, 0.4) is 0 Å². The number of piperidine rings is 1. The number of nitrogens with one attached hydrogen (secondary N) is 1. The normalized spacial score (nSPS) is 26.9. The molecule has 0 aliphatic carbocycles. The van der Waals surface area contributed by atoms with E-state index in [-0.39, 0.29) is 5.49 Å². The van der Waals surface area contributed by atoms with E-state index in [1.165, 1.54) is 17.2 Å². The molecule has 3 heterocycles. The summed E-state index contributed by atoms with van der Waals surface area (Å²) in [5, 5.41) is 42.5. The third kappa shape index (κ3) is 5.46. The van der Waals surface area contributed by atoms with Crippen molar-refractivity contribution >= 4 is 23.5 Å². The summed E-state index contributed by atoms with van der Waals surface area (Å²) in [5.74, 6) is 0. The van der Waals surface area contributed by atoms with Crippen LogP contribution in [0.15, 0.2) is 22.2 Å². The molecule has 1 aromatic heterocycles. The molecule has 33 heavy (non-hydrogen) atoms. The summed E-state index contributed by atoms with van der Waals surface area (Å²) >= 11 is 4.98. The molecule has 0 aromatic carbocycles. The standard InChI is InChI=1S/C19H29N5O8S/c1-19(2,3)32-17(28)22-7-4-10(5-8-22)24(18(29)33)15-13(26)12(25)14(31-15)23-9-6-11(21-30)20-16(23)27/h6,9-10,12-15,25-26,30H,4-5,7-8H2,1-3H3,(H,29,33)(H,20,21,27)/t12-,13+,14-,15-/m1/s1. The van der Waals surface area contributed by atoms with Crippen LogP contribution in [-0.4, -0.2) is 94.3 Å². The fourth-order valence-electron chi connectivity index (χ4n) is 3.92. The molecular formula is C19H29N5O8S. The number of hydrogen-bond acceptors (Lipinski definition) is 9. The number of aromatic amines is 1. The van der Waals surface area contributed by atoms with Gasteiger partial charge in [-0.15, -0.1) is 0 Å². The first-order chi connectivity index (χ1) is 15.4.